The second-order valence-electron chi connectivity index (χ2n) is 5.84. The van der Waals surface area contributed by atoms with E-state index in [4.69, 9.17) is 9.26 Å². The molecule has 2 heterocycles. The first kappa shape index (κ1) is 16.0. The zero-order chi connectivity index (χ0) is 18.1. The fourth-order valence-corrected chi connectivity index (χ4v) is 2.84. The molecule has 0 aliphatic carbocycles. The zero-order valence-corrected chi connectivity index (χ0v) is 14.3. The summed E-state index contributed by atoms with van der Waals surface area (Å²) in [5.74, 6) is 1.15. The molecule has 0 atom stereocenters. The normalized spacial score (nSPS) is 11.0. The molecule has 4 rings (SSSR count). The van der Waals surface area contributed by atoms with E-state index in [0.717, 1.165) is 22.5 Å². The SMILES string of the molecule is Cc1noc(COC(=O)c2ccc3c(c2)nc(C)n3-c2ccccc2)n1. The molecule has 0 radical (unpaired) electrons. The van der Waals surface area contributed by atoms with Gasteiger partial charge in [0, 0.05) is 5.69 Å². The Balaban J connectivity index is 1.61. The van der Waals surface area contributed by atoms with Gasteiger partial charge in [0.2, 0.25) is 0 Å². The lowest BCUT2D eigenvalue weighted by atomic mass is 10.2. The Morgan fingerprint density at radius 3 is 2.65 bits per heavy atom. The lowest BCUT2D eigenvalue weighted by Crippen LogP contribution is -2.05. The lowest BCUT2D eigenvalue weighted by Gasteiger charge is -2.07. The third-order valence-electron chi connectivity index (χ3n) is 3.97. The lowest BCUT2D eigenvalue weighted by molar-refractivity contribution is 0.0430. The second kappa shape index (κ2) is 6.44. The Bertz CT molecular complexity index is 1080. The first-order valence-electron chi connectivity index (χ1n) is 8.12. The van der Waals surface area contributed by atoms with Crippen molar-refractivity contribution in [3.8, 4) is 5.69 Å². The minimum absolute atomic E-state index is 0.0603. The summed E-state index contributed by atoms with van der Waals surface area (Å²) in [5.41, 5.74) is 3.10. The maximum Gasteiger partial charge on any atom is 0.338 e. The van der Waals surface area contributed by atoms with Gasteiger partial charge in [-0.25, -0.2) is 9.78 Å². The molecule has 130 valence electrons. The molecular weight excluding hydrogens is 332 g/mol. The number of esters is 1. The van der Waals surface area contributed by atoms with Crippen molar-refractivity contribution in [2.24, 2.45) is 0 Å². The monoisotopic (exact) mass is 348 g/mol. The van der Waals surface area contributed by atoms with Crippen molar-refractivity contribution < 1.29 is 14.1 Å². The van der Waals surface area contributed by atoms with Crippen LogP contribution in [0.3, 0.4) is 0 Å². The number of carbonyl (C=O) groups is 1. The smallest absolute Gasteiger partial charge is 0.338 e. The van der Waals surface area contributed by atoms with Gasteiger partial charge in [0.15, 0.2) is 12.4 Å². The highest BCUT2D eigenvalue weighted by atomic mass is 16.6. The summed E-state index contributed by atoms with van der Waals surface area (Å²) in [6.07, 6.45) is 0. The minimum atomic E-state index is -0.463. The molecule has 0 aliphatic heterocycles. The van der Waals surface area contributed by atoms with E-state index in [1.54, 1.807) is 19.1 Å². The summed E-state index contributed by atoms with van der Waals surface area (Å²) in [6.45, 7) is 3.58. The Hall–Kier alpha value is -3.48. The summed E-state index contributed by atoms with van der Waals surface area (Å²) < 4.78 is 12.2. The molecule has 2 aromatic carbocycles. The van der Waals surface area contributed by atoms with Gasteiger partial charge in [0.05, 0.1) is 16.6 Å². The highest BCUT2D eigenvalue weighted by Crippen LogP contribution is 2.22. The van der Waals surface area contributed by atoms with Gasteiger partial charge in [-0.3, -0.25) is 4.57 Å². The van der Waals surface area contributed by atoms with Crippen LogP contribution in [0.15, 0.2) is 53.1 Å². The van der Waals surface area contributed by atoms with E-state index in [1.807, 2.05) is 47.9 Å². The van der Waals surface area contributed by atoms with Crippen LogP contribution in [0.25, 0.3) is 16.7 Å². The summed E-state index contributed by atoms with van der Waals surface area (Å²) in [5, 5.41) is 3.66. The van der Waals surface area contributed by atoms with Gasteiger partial charge >= 0.3 is 5.97 Å². The molecule has 4 aromatic rings. The van der Waals surface area contributed by atoms with Crippen LogP contribution in [-0.4, -0.2) is 25.7 Å². The molecule has 0 aliphatic rings. The van der Waals surface area contributed by atoms with Crippen LogP contribution in [0, 0.1) is 13.8 Å². The van der Waals surface area contributed by atoms with E-state index < -0.39 is 5.97 Å². The van der Waals surface area contributed by atoms with Crippen LogP contribution in [0.5, 0.6) is 0 Å². The Morgan fingerprint density at radius 2 is 1.92 bits per heavy atom. The predicted molar refractivity (Wildman–Crippen MR) is 94.0 cm³/mol. The van der Waals surface area contributed by atoms with Gasteiger partial charge in [0.1, 0.15) is 5.82 Å². The number of benzene rings is 2. The second-order valence-corrected chi connectivity index (χ2v) is 5.84. The average Bonchev–Trinajstić information content (AvgIpc) is 3.21. The molecule has 0 saturated carbocycles. The van der Waals surface area contributed by atoms with Crippen LogP contribution < -0.4 is 0 Å². The Kier molecular flexibility index (Phi) is 3.96. The maximum absolute atomic E-state index is 12.3. The van der Waals surface area contributed by atoms with Gasteiger partial charge in [-0.1, -0.05) is 23.4 Å². The van der Waals surface area contributed by atoms with Crippen LogP contribution in [0.4, 0.5) is 0 Å². The third-order valence-corrected chi connectivity index (χ3v) is 3.97. The number of carbonyl (C=O) groups excluding carboxylic acids is 1. The van der Waals surface area contributed by atoms with E-state index >= 15 is 0 Å². The van der Waals surface area contributed by atoms with E-state index in [-0.39, 0.29) is 12.5 Å². The van der Waals surface area contributed by atoms with Gasteiger partial charge in [-0.15, -0.1) is 0 Å². The van der Waals surface area contributed by atoms with Crippen molar-refractivity contribution in [2.75, 3.05) is 0 Å². The van der Waals surface area contributed by atoms with Crippen molar-refractivity contribution in [1.82, 2.24) is 19.7 Å². The summed E-state index contributed by atoms with van der Waals surface area (Å²) >= 11 is 0. The summed E-state index contributed by atoms with van der Waals surface area (Å²) in [7, 11) is 0. The summed E-state index contributed by atoms with van der Waals surface area (Å²) in [4.78, 5) is 20.9. The average molecular weight is 348 g/mol. The highest BCUT2D eigenvalue weighted by molar-refractivity contribution is 5.94. The van der Waals surface area contributed by atoms with Gasteiger partial charge in [-0.2, -0.15) is 4.98 Å². The first-order valence-corrected chi connectivity index (χ1v) is 8.12. The number of rotatable bonds is 4. The fraction of sp³-hybridized carbons (Fsp3) is 0.158. The predicted octanol–water partition coefficient (Wildman–Crippen LogP) is 3.38. The van der Waals surface area contributed by atoms with E-state index in [2.05, 4.69) is 15.1 Å². The molecule has 0 amide bonds. The minimum Gasteiger partial charge on any atom is -0.452 e. The van der Waals surface area contributed by atoms with Crippen molar-refractivity contribution in [1.29, 1.82) is 0 Å². The van der Waals surface area contributed by atoms with Crippen molar-refractivity contribution >= 4 is 17.0 Å². The van der Waals surface area contributed by atoms with Gasteiger partial charge < -0.3 is 9.26 Å². The van der Waals surface area contributed by atoms with Gasteiger partial charge in [-0.05, 0) is 44.2 Å². The molecule has 2 aromatic heterocycles. The third kappa shape index (κ3) is 2.95. The van der Waals surface area contributed by atoms with Crippen molar-refractivity contribution in [3.05, 3.63) is 71.6 Å². The summed E-state index contributed by atoms with van der Waals surface area (Å²) in [6, 6.07) is 15.3. The molecule has 0 spiro atoms. The number of fused-ring (bicyclic) bond motifs is 1. The number of aromatic nitrogens is 4. The first-order chi connectivity index (χ1) is 12.6. The fourth-order valence-electron chi connectivity index (χ4n) is 2.84. The zero-order valence-electron chi connectivity index (χ0n) is 14.3. The highest BCUT2D eigenvalue weighted by Gasteiger charge is 2.14. The number of para-hydroxylation sites is 1. The standard InChI is InChI=1S/C19H16N4O3/c1-12-20-18(26-22-12)11-25-19(24)14-8-9-17-16(10-14)21-13(2)23(17)15-6-4-3-5-7-15/h3-10H,11H2,1-2H3. The number of hydrogen-bond acceptors (Lipinski definition) is 6. The molecule has 0 fully saturated rings. The van der Waals surface area contributed by atoms with Gasteiger partial charge in [0.25, 0.3) is 5.89 Å². The molecule has 26 heavy (non-hydrogen) atoms. The number of nitrogens with zero attached hydrogens (tertiary/aromatic N) is 4. The quantitative estimate of drug-likeness (QED) is 0.526. The number of ether oxygens (including phenoxy) is 1. The molecule has 0 N–H and O–H groups in total. The van der Waals surface area contributed by atoms with Crippen LogP contribution in [-0.2, 0) is 11.3 Å². The van der Waals surface area contributed by atoms with Crippen molar-refractivity contribution in [3.63, 3.8) is 0 Å². The molecule has 7 heteroatoms. The maximum atomic E-state index is 12.3. The Labute approximate surface area is 149 Å². The largest absolute Gasteiger partial charge is 0.452 e. The Morgan fingerprint density at radius 1 is 1.12 bits per heavy atom. The van der Waals surface area contributed by atoms with Crippen LogP contribution in [0.2, 0.25) is 0 Å². The molecule has 0 saturated heterocycles. The molecular formula is C19H16N4O3. The van der Waals surface area contributed by atoms with E-state index in [9.17, 15) is 4.79 Å². The van der Waals surface area contributed by atoms with Crippen LogP contribution >= 0.6 is 0 Å². The van der Waals surface area contributed by atoms with Crippen molar-refractivity contribution in [2.45, 2.75) is 20.5 Å². The number of aryl methyl sites for hydroxylation is 2. The van der Waals surface area contributed by atoms with E-state index in [1.165, 1.54) is 0 Å². The topological polar surface area (TPSA) is 83.0 Å². The molecule has 0 bridgehead atoms. The molecule has 7 nitrogen and oxygen atoms in total. The van der Waals surface area contributed by atoms with E-state index in [0.29, 0.717) is 11.4 Å². The van der Waals surface area contributed by atoms with Crippen LogP contribution in [0.1, 0.15) is 27.9 Å². The number of imidazole rings is 1. The molecule has 0 unspecified atom stereocenters. The number of hydrogen-bond donors (Lipinski definition) is 0.